The van der Waals surface area contributed by atoms with Crippen LogP contribution in [0.15, 0.2) is 62.2 Å². The molecule has 0 aliphatic carbocycles. The molecule has 0 radical (unpaired) electrons. The standard InChI is InChI=1S/C16H11BrN2O4/c17-13-4-2-1-3-10(13)9-18-14-8-16(20)23-15-6-5-11(19(21)22)7-12(14)15/h1-8,18H,9H2. The zero-order valence-electron chi connectivity index (χ0n) is 11.8. The number of benzene rings is 2. The van der Waals surface area contributed by atoms with Crippen LogP contribution in [0.3, 0.4) is 0 Å². The third-order valence-corrected chi connectivity index (χ3v) is 4.14. The number of non-ortho nitro benzene ring substituents is 1. The Kier molecular flexibility index (Phi) is 4.12. The third kappa shape index (κ3) is 3.24. The summed E-state index contributed by atoms with van der Waals surface area (Å²) in [6, 6.07) is 13.1. The highest BCUT2D eigenvalue weighted by Crippen LogP contribution is 2.27. The van der Waals surface area contributed by atoms with Crippen LogP contribution in [0.4, 0.5) is 11.4 Å². The van der Waals surface area contributed by atoms with Crippen molar-refractivity contribution < 1.29 is 9.34 Å². The molecule has 0 fully saturated rings. The van der Waals surface area contributed by atoms with Gasteiger partial charge < -0.3 is 9.73 Å². The zero-order valence-corrected chi connectivity index (χ0v) is 13.4. The van der Waals surface area contributed by atoms with Crippen LogP contribution in [0, 0.1) is 10.1 Å². The number of nitro groups is 1. The number of halogens is 1. The lowest BCUT2D eigenvalue weighted by molar-refractivity contribution is -0.384. The first-order chi connectivity index (χ1) is 11.0. The Hall–Kier alpha value is -2.67. The number of nitrogens with one attached hydrogen (secondary N) is 1. The molecule has 0 unspecified atom stereocenters. The van der Waals surface area contributed by atoms with Crippen LogP contribution in [0.25, 0.3) is 11.0 Å². The lowest BCUT2D eigenvalue weighted by atomic mass is 10.1. The Bertz CT molecular complexity index is 952. The third-order valence-electron chi connectivity index (χ3n) is 3.36. The Balaban J connectivity index is 2.02. The van der Waals surface area contributed by atoms with Gasteiger partial charge in [-0.05, 0) is 17.7 Å². The predicted molar refractivity (Wildman–Crippen MR) is 90.6 cm³/mol. The van der Waals surface area contributed by atoms with Crippen molar-refractivity contribution in [1.29, 1.82) is 0 Å². The molecule has 2 aromatic carbocycles. The van der Waals surface area contributed by atoms with Gasteiger partial charge in [-0.2, -0.15) is 0 Å². The summed E-state index contributed by atoms with van der Waals surface area (Å²) in [7, 11) is 0. The maximum atomic E-state index is 11.7. The van der Waals surface area contributed by atoms with Crippen LogP contribution in [-0.4, -0.2) is 4.92 Å². The number of hydrogen-bond acceptors (Lipinski definition) is 5. The molecule has 6 nitrogen and oxygen atoms in total. The van der Waals surface area contributed by atoms with Crippen LogP contribution in [0.1, 0.15) is 5.56 Å². The van der Waals surface area contributed by atoms with Crippen molar-refractivity contribution in [1.82, 2.24) is 0 Å². The van der Waals surface area contributed by atoms with Crippen molar-refractivity contribution in [3.63, 3.8) is 0 Å². The van der Waals surface area contributed by atoms with Gasteiger partial charge in [-0.1, -0.05) is 34.1 Å². The van der Waals surface area contributed by atoms with Crippen LogP contribution in [-0.2, 0) is 6.54 Å². The lowest BCUT2D eigenvalue weighted by Crippen LogP contribution is -2.05. The van der Waals surface area contributed by atoms with E-state index in [0.717, 1.165) is 10.0 Å². The summed E-state index contributed by atoms with van der Waals surface area (Å²) in [4.78, 5) is 22.1. The monoisotopic (exact) mass is 374 g/mol. The van der Waals surface area contributed by atoms with Gasteiger partial charge in [-0.3, -0.25) is 10.1 Å². The van der Waals surface area contributed by atoms with Gasteiger partial charge in [0.05, 0.1) is 10.6 Å². The fourth-order valence-electron chi connectivity index (χ4n) is 2.24. The first-order valence-corrected chi connectivity index (χ1v) is 7.53. The van der Waals surface area contributed by atoms with E-state index in [1.807, 2.05) is 24.3 Å². The van der Waals surface area contributed by atoms with Gasteiger partial charge in [0, 0.05) is 34.6 Å². The van der Waals surface area contributed by atoms with Crippen molar-refractivity contribution >= 4 is 38.3 Å². The first kappa shape index (κ1) is 15.2. The number of nitro benzene ring substituents is 1. The van der Waals surface area contributed by atoms with Gasteiger partial charge in [-0.15, -0.1) is 0 Å². The fraction of sp³-hybridized carbons (Fsp3) is 0.0625. The van der Waals surface area contributed by atoms with Crippen molar-refractivity contribution in [2.45, 2.75) is 6.54 Å². The van der Waals surface area contributed by atoms with Crippen molar-refractivity contribution in [3.8, 4) is 0 Å². The van der Waals surface area contributed by atoms with E-state index in [2.05, 4.69) is 21.2 Å². The lowest BCUT2D eigenvalue weighted by Gasteiger charge is -2.10. The normalized spacial score (nSPS) is 10.7. The van der Waals surface area contributed by atoms with E-state index in [-0.39, 0.29) is 5.69 Å². The second kappa shape index (κ2) is 6.21. The smallest absolute Gasteiger partial charge is 0.338 e. The zero-order chi connectivity index (χ0) is 16.4. The summed E-state index contributed by atoms with van der Waals surface area (Å²) in [6.07, 6.45) is 0. The highest BCUT2D eigenvalue weighted by molar-refractivity contribution is 9.10. The number of nitrogens with zero attached hydrogens (tertiary/aromatic N) is 1. The van der Waals surface area contributed by atoms with E-state index in [1.165, 1.54) is 24.3 Å². The summed E-state index contributed by atoms with van der Waals surface area (Å²) in [6.45, 7) is 0.461. The summed E-state index contributed by atoms with van der Waals surface area (Å²) in [5.74, 6) is 0. The molecular formula is C16H11BrN2O4. The molecule has 0 saturated heterocycles. The van der Waals surface area contributed by atoms with Crippen molar-refractivity contribution in [2.24, 2.45) is 0 Å². The molecule has 3 rings (SSSR count). The Labute approximate surface area is 139 Å². The van der Waals surface area contributed by atoms with Crippen LogP contribution < -0.4 is 10.9 Å². The van der Waals surface area contributed by atoms with Gasteiger partial charge >= 0.3 is 5.63 Å². The Morgan fingerprint density at radius 1 is 1.17 bits per heavy atom. The quantitative estimate of drug-likeness (QED) is 0.422. The van der Waals surface area contributed by atoms with E-state index < -0.39 is 10.5 Å². The average molecular weight is 375 g/mol. The number of rotatable bonds is 4. The largest absolute Gasteiger partial charge is 0.423 e. The highest BCUT2D eigenvalue weighted by Gasteiger charge is 2.12. The molecule has 0 bridgehead atoms. The fourth-order valence-corrected chi connectivity index (χ4v) is 2.67. The Morgan fingerprint density at radius 3 is 2.70 bits per heavy atom. The Morgan fingerprint density at radius 2 is 1.96 bits per heavy atom. The topological polar surface area (TPSA) is 85.4 Å². The molecule has 0 saturated carbocycles. The van der Waals surface area contributed by atoms with Gasteiger partial charge in [0.2, 0.25) is 0 Å². The highest BCUT2D eigenvalue weighted by atomic mass is 79.9. The second-order valence-corrected chi connectivity index (χ2v) is 5.72. The second-order valence-electron chi connectivity index (χ2n) is 4.86. The van der Waals surface area contributed by atoms with Crippen LogP contribution in [0.5, 0.6) is 0 Å². The van der Waals surface area contributed by atoms with Crippen molar-refractivity contribution in [3.05, 3.63) is 79.1 Å². The van der Waals surface area contributed by atoms with E-state index in [9.17, 15) is 14.9 Å². The van der Waals surface area contributed by atoms with Gasteiger partial charge in [0.25, 0.3) is 5.69 Å². The molecule has 3 aromatic rings. The number of anilines is 1. The maximum Gasteiger partial charge on any atom is 0.338 e. The average Bonchev–Trinajstić information content (AvgIpc) is 2.53. The molecule has 0 atom stereocenters. The van der Waals surface area contributed by atoms with Gasteiger partial charge in [0.15, 0.2) is 0 Å². The molecule has 7 heteroatoms. The SMILES string of the molecule is O=c1cc(NCc2ccccc2Br)c2cc([N+](=O)[O-])ccc2o1. The molecule has 1 heterocycles. The number of fused-ring (bicyclic) bond motifs is 1. The van der Waals surface area contributed by atoms with Crippen LogP contribution in [0.2, 0.25) is 0 Å². The molecule has 0 spiro atoms. The summed E-state index contributed by atoms with van der Waals surface area (Å²) in [5, 5.41) is 14.6. The minimum absolute atomic E-state index is 0.0599. The molecule has 23 heavy (non-hydrogen) atoms. The van der Waals surface area contributed by atoms with Gasteiger partial charge in [0.1, 0.15) is 5.58 Å². The first-order valence-electron chi connectivity index (χ1n) is 6.74. The van der Waals surface area contributed by atoms with E-state index >= 15 is 0 Å². The van der Waals surface area contributed by atoms with Crippen molar-refractivity contribution in [2.75, 3.05) is 5.32 Å². The minimum Gasteiger partial charge on any atom is -0.423 e. The molecule has 116 valence electrons. The van der Waals surface area contributed by atoms with Gasteiger partial charge in [-0.25, -0.2) is 4.79 Å². The molecule has 1 aromatic heterocycles. The maximum absolute atomic E-state index is 11.7. The van der Waals surface area contributed by atoms with Crippen LogP contribution >= 0.6 is 15.9 Å². The molecule has 0 aliphatic heterocycles. The predicted octanol–water partition coefficient (Wildman–Crippen LogP) is 4.08. The number of hydrogen-bond donors (Lipinski definition) is 1. The summed E-state index contributed by atoms with van der Waals surface area (Å²) in [5.41, 5.74) is 1.23. The minimum atomic E-state index is -0.513. The van der Waals surface area contributed by atoms with E-state index in [0.29, 0.717) is 23.2 Å². The van der Waals surface area contributed by atoms with E-state index in [1.54, 1.807) is 0 Å². The van der Waals surface area contributed by atoms with E-state index in [4.69, 9.17) is 4.42 Å². The molecular weight excluding hydrogens is 364 g/mol. The summed E-state index contributed by atoms with van der Waals surface area (Å²) < 4.78 is 6.02. The molecule has 0 amide bonds. The molecule has 0 aliphatic rings. The molecule has 1 N–H and O–H groups in total. The summed E-state index contributed by atoms with van der Waals surface area (Å²) >= 11 is 3.46.